The summed E-state index contributed by atoms with van der Waals surface area (Å²) in [6.45, 7) is 9.27. The van der Waals surface area contributed by atoms with E-state index in [2.05, 4.69) is 50.4 Å². The van der Waals surface area contributed by atoms with Crippen molar-refractivity contribution < 1.29 is 0 Å². The lowest BCUT2D eigenvalue weighted by molar-refractivity contribution is 0.255. The minimum absolute atomic E-state index is 0.752. The van der Waals surface area contributed by atoms with Gasteiger partial charge in [-0.05, 0) is 54.8 Å². The Bertz CT molecular complexity index is 339. The van der Waals surface area contributed by atoms with Gasteiger partial charge in [0.05, 0.1) is 0 Å². The molecule has 0 bridgehead atoms. The Morgan fingerprint density at radius 2 is 1.94 bits per heavy atom. The van der Waals surface area contributed by atoms with Crippen molar-refractivity contribution in [2.24, 2.45) is 11.8 Å². The second kappa shape index (κ2) is 5.68. The monoisotopic (exact) mass is 231 g/mol. The van der Waals surface area contributed by atoms with Crippen molar-refractivity contribution in [3.63, 3.8) is 0 Å². The molecule has 1 aliphatic heterocycles. The molecule has 1 saturated heterocycles. The number of rotatable bonds is 3. The molecule has 94 valence electrons. The first-order valence-electron chi connectivity index (χ1n) is 7.02. The van der Waals surface area contributed by atoms with Crippen LogP contribution >= 0.6 is 0 Å². The first-order chi connectivity index (χ1) is 8.22. The zero-order valence-corrected chi connectivity index (χ0v) is 11.4. The Kier molecular flexibility index (Phi) is 4.22. The summed E-state index contributed by atoms with van der Waals surface area (Å²) < 4.78 is 0. The summed E-state index contributed by atoms with van der Waals surface area (Å²) in [7, 11) is 0. The van der Waals surface area contributed by atoms with Gasteiger partial charge in [0.2, 0.25) is 0 Å². The highest BCUT2D eigenvalue weighted by molar-refractivity contribution is 5.26. The van der Waals surface area contributed by atoms with Gasteiger partial charge in [0.1, 0.15) is 0 Å². The van der Waals surface area contributed by atoms with Crippen molar-refractivity contribution in [1.82, 2.24) is 5.32 Å². The van der Waals surface area contributed by atoms with Crippen LogP contribution in [0.2, 0.25) is 0 Å². The molecule has 1 aromatic carbocycles. The van der Waals surface area contributed by atoms with Gasteiger partial charge in [-0.1, -0.05) is 45.0 Å². The van der Waals surface area contributed by atoms with Gasteiger partial charge in [-0.15, -0.1) is 0 Å². The Balaban J connectivity index is 2.17. The zero-order chi connectivity index (χ0) is 12.3. The van der Waals surface area contributed by atoms with Crippen LogP contribution < -0.4 is 5.32 Å². The van der Waals surface area contributed by atoms with Crippen LogP contribution in [0.5, 0.6) is 0 Å². The van der Waals surface area contributed by atoms with E-state index in [1.807, 2.05) is 0 Å². The summed E-state index contributed by atoms with van der Waals surface area (Å²) >= 11 is 0. The summed E-state index contributed by atoms with van der Waals surface area (Å²) in [6, 6.07) is 9.30. The molecule has 1 heteroatoms. The number of nitrogens with one attached hydrogen (secondary N) is 1. The number of piperidine rings is 1. The number of benzene rings is 1. The van der Waals surface area contributed by atoms with Crippen LogP contribution in [0.3, 0.4) is 0 Å². The molecular formula is C16H25N. The van der Waals surface area contributed by atoms with Gasteiger partial charge >= 0.3 is 0 Å². The third-order valence-electron chi connectivity index (χ3n) is 4.20. The maximum absolute atomic E-state index is 3.54. The molecule has 0 aliphatic carbocycles. The maximum atomic E-state index is 3.54. The average molecular weight is 231 g/mol. The third kappa shape index (κ3) is 2.90. The molecule has 2 atom stereocenters. The van der Waals surface area contributed by atoms with E-state index in [1.54, 1.807) is 5.56 Å². The largest absolute Gasteiger partial charge is 0.316 e. The molecule has 2 unspecified atom stereocenters. The molecule has 0 amide bonds. The van der Waals surface area contributed by atoms with Crippen molar-refractivity contribution >= 4 is 0 Å². The molecule has 2 rings (SSSR count). The molecule has 1 aliphatic rings. The van der Waals surface area contributed by atoms with E-state index in [0.717, 1.165) is 24.2 Å². The Labute approximate surface area is 106 Å². The first-order valence-corrected chi connectivity index (χ1v) is 7.02. The van der Waals surface area contributed by atoms with Crippen molar-refractivity contribution in [3.05, 3.63) is 35.4 Å². The quantitative estimate of drug-likeness (QED) is 0.838. The number of hydrogen-bond donors (Lipinski definition) is 1. The molecule has 0 saturated carbocycles. The molecule has 1 nitrogen and oxygen atoms in total. The summed E-state index contributed by atoms with van der Waals surface area (Å²) in [5.41, 5.74) is 2.99. The van der Waals surface area contributed by atoms with Gasteiger partial charge in [-0.2, -0.15) is 0 Å². The SMILES string of the molecule is CCc1ccc(C2CCNCC2C(C)C)cc1. The molecule has 1 aromatic rings. The standard InChI is InChI=1S/C16H25N/c1-4-13-5-7-14(8-6-13)15-9-10-17-11-16(15)12(2)3/h5-8,12,15-17H,4,9-11H2,1-3H3. The average Bonchev–Trinajstić information content (AvgIpc) is 2.39. The fourth-order valence-corrected chi connectivity index (χ4v) is 3.00. The first kappa shape index (κ1) is 12.6. The van der Waals surface area contributed by atoms with Gasteiger partial charge in [0, 0.05) is 0 Å². The Hall–Kier alpha value is -0.820. The molecule has 17 heavy (non-hydrogen) atoms. The summed E-state index contributed by atoms with van der Waals surface area (Å²) in [4.78, 5) is 0. The third-order valence-corrected chi connectivity index (χ3v) is 4.20. The van der Waals surface area contributed by atoms with Crippen LogP contribution in [0.25, 0.3) is 0 Å². The molecular weight excluding hydrogens is 206 g/mol. The van der Waals surface area contributed by atoms with Crippen LogP contribution in [0.15, 0.2) is 24.3 Å². The van der Waals surface area contributed by atoms with Crippen molar-refractivity contribution in [1.29, 1.82) is 0 Å². The lowest BCUT2D eigenvalue weighted by Gasteiger charge is -2.35. The lowest BCUT2D eigenvalue weighted by Crippen LogP contribution is -2.38. The normalized spacial score (nSPS) is 25.2. The predicted octanol–water partition coefficient (Wildman–Crippen LogP) is 3.60. The number of hydrogen-bond acceptors (Lipinski definition) is 1. The molecule has 1 heterocycles. The van der Waals surface area contributed by atoms with E-state index >= 15 is 0 Å². The van der Waals surface area contributed by atoms with E-state index in [1.165, 1.54) is 25.1 Å². The highest BCUT2D eigenvalue weighted by Crippen LogP contribution is 2.34. The van der Waals surface area contributed by atoms with E-state index in [-0.39, 0.29) is 0 Å². The second-order valence-corrected chi connectivity index (χ2v) is 5.60. The molecule has 0 spiro atoms. The summed E-state index contributed by atoms with van der Waals surface area (Å²) in [6.07, 6.45) is 2.43. The minimum Gasteiger partial charge on any atom is -0.316 e. The van der Waals surface area contributed by atoms with Gasteiger partial charge in [0.15, 0.2) is 0 Å². The number of aryl methyl sites for hydroxylation is 1. The topological polar surface area (TPSA) is 12.0 Å². The van der Waals surface area contributed by atoms with Crippen LogP contribution in [-0.2, 0) is 6.42 Å². The van der Waals surface area contributed by atoms with E-state index < -0.39 is 0 Å². The summed E-state index contributed by atoms with van der Waals surface area (Å²) in [5, 5.41) is 3.54. The van der Waals surface area contributed by atoms with Crippen molar-refractivity contribution in [3.8, 4) is 0 Å². The van der Waals surface area contributed by atoms with Crippen molar-refractivity contribution in [2.45, 2.75) is 39.5 Å². The Morgan fingerprint density at radius 1 is 1.24 bits per heavy atom. The molecule has 1 fully saturated rings. The van der Waals surface area contributed by atoms with Gasteiger partial charge < -0.3 is 5.32 Å². The van der Waals surface area contributed by atoms with Crippen LogP contribution in [0, 0.1) is 11.8 Å². The summed E-state index contributed by atoms with van der Waals surface area (Å²) in [5.74, 6) is 2.30. The highest BCUT2D eigenvalue weighted by atomic mass is 14.9. The fourth-order valence-electron chi connectivity index (χ4n) is 3.00. The Morgan fingerprint density at radius 3 is 2.53 bits per heavy atom. The molecule has 0 aromatic heterocycles. The van der Waals surface area contributed by atoms with Crippen LogP contribution in [0.4, 0.5) is 0 Å². The zero-order valence-electron chi connectivity index (χ0n) is 11.4. The van der Waals surface area contributed by atoms with Crippen LogP contribution in [-0.4, -0.2) is 13.1 Å². The predicted molar refractivity (Wildman–Crippen MR) is 74.4 cm³/mol. The molecule has 1 N–H and O–H groups in total. The highest BCUT2D eigenvalue weighted by Gasteiger charge is 2.28. The fraction of sp³-hybridized carbons (Fsp3) is 0.625. The van der Waals surface area contributed by atoms with Crippen molar-refractivity contribution in [2.75, 3.05) is 13.1 Å². The van der Waals surface area contributed by atoms with Crippen LogP contribution in [0.1, 0.15) is 44.2 Å². The molecule has 0 radical (unpaired) electrons. The lowest BCUT2D eigenvalue weighted by atomic mass is 9.75. The van der Waals surface area contributed by atoms with Gasteiger partial charge in [0.25, 0.3) is 0 Å². The van der Waals surface area contributed by atoms with E-state index in [0.29, 0.717) is 0 Å². The second-order valence-electron chi connectivity index (χ2n) is 5.60. The minimum atomic E-state index is 0.752. The van der Waals surface area contributed by atoms with Gasteiger partial charge in [-0.3, -0.25) is 0 Å². The smallest absolute Gasteiger partial charge is 0.00122 e. The maximum Gasteiger partial charge on any atom is -0.00122 e. The van der Waals surface area contributed by atoms with Gasteiger partial charge in [-0.25, -0.2) is 0 Å². The van der Waals surface area contributed by atoms with E-state index in [4.69, 9.17) is 0 Å². The van der Waals surface area contributed by atoms with E-state index in [9.17, 15) is 0 Å².